The van der Waals surface area contributed by atoms with Crippen LogP contribution >= 0.6 is 0 Å². The largest absolute Gasteiger partial charge is 0.392 e. The second-order valence-corrected chi connectivity index (χ2v) is 5.27. The molecule has 0 amide bonds. The highest BCUT2D eigenvalue weighted by molar-refractivity contribution is 5.04. The highest BCUT2D eigenvalue weighted by atomic mass is 16.3. The first kappa shape index (κ1) is 10.2. The second kappa shape index (κ2) is 3.67. The number of nitrogens with one attached hydrogen (secondary N) is 1. The highest BCUT2D eigenvalue weighted by Crippen LogP contribution is 2.41. The van der Waals surface area contributed by atoms with E-state index in [1.165, 1.54) is 12.8 Å². The molecule has 0 aromatic carbocycles. The quantitative estimate of drug-likeness (QED) is 0.659. The molecule has 2 heteroatoms. The van der Waals surface area contributed by atoms with Gasteiger partial charge < -0.3 is 10.4 Å². The van der Waals surface area contributed by atoms with Gasteiger partial charge >= 0.3 is 0 Å². The molecule has 0 aromatic heterocycles. The van der Waals surface area contributed by atoms with Crippen LogP contribution in [0.15, 0.2) is 12.2 Å². The van der Waals surface area contributed by atoms with Gasteiger partial charge in [0.25, 0.3) is 0 Å². The van der Waals surface area contributed by atoms with Crippen LogP contribution in [0.2, 0.25) is 0 Å². The molecule has 3 atom stereocenters. The SMILES string of the molecule is CC1(C)C(O)CC1NC1CC=CCC1. The summed E-state index contributed by atoms with van der Waals surface area (Å²) in [4.78, 5) is 0. The van der Waals surface area contributed by atoms with Gasteiger partial charge in [0, 0.05) is 17.5 Å². The number of hydrogen-bond donors (Lipinski definition) is 2. The zero-order valence-electron chi connectivity index (χ0n) is 9.16. The average molecular weight is 195 g/mol. The average Bonchev–Trinajstić information content (AvgIpc) is 2.19. The van der Waals surface area contributed by atoms with Crippen molar-refractivity contribution in [3.05, 3.63) is 12.2 Å². The van der Waals surface area contributed by atoms with Crippen LogP contribution in [0.5, 0.6) is 0 Å². The fourth-order valence-corrected chi connectivity index (χ4v) is 2.41. The van der Waals surface area contributed by atoms with E-state index in [9.17, 15) is 5.11 Å². The Hall–Kier alpha value is -0.340. The van der Waals surface area contributed by atoms with E-state index in [0.717, 1.165) is 12.8 Å². The van der Waals surface area contributed by atoms with Gasteiger partial charge in [-0.3, -0.25) is 0 Å². The Morgan fingerprint density at radius 3 is 2.64 bits per heavy atom. The maximum absolute atomic E-state index is 9.62. The van der Waals surface area contributed by atoms with E-state index in [1.54, 1.807) is 0 Å². The molecule has 80 valence electrons. The van der Waals surface area contributed by atoms with Gasteiger partial charge in [-0.2, -0.15) is 0 Å². The molecule has 0 saturated heterocycles. The Morgan fingerprint density at radius 1 is 1.36 bits per heavy atom. The smallest absolute Gasteiger partial charge is 0.0621 e. The van der Waals surface area contributed by atoms with Gasteiger partial charge in [0.05, 0.1) is 6.10 Å². The highest BCUT2D eigenvalue weighted by Gasteiger charge is 2.47. The zero-order chi connectivity index (χ0) is 10.2. The van der Waals surface area contributed by atoms with Crippen molar-refractivity contribution in [3.8, 4) is 0 Å². The van der Waals surface area contributed by atoms with Crippen molar-refractivity contribution >= 4 is 0 Å². The van der Waals surface area contributed by atoms with Crippen molar-refractivity contribution in [3.63, 3.8) is 0 Å². The third-order valence-corrected chi connectivity index (χ3v) is 3.92. The molecule has 0 bridgehead atoms. The standard InChI is InChI=1S/C12H21NO/c1-12(2)10(8-11(12)14)13-9-6-4-3-5-7-9/h3-4,9-11,13-14H,5-8H2,1-2H3. The van der Waals surface area contributed by atoms with Crippen LogP contribution in [0, 0.1) is 5.41 Å². The molecule has 0 aliphatic heterocycles. The molecular weight excluding hydrogens is 174 g/mol. The number of aliphatic hydroxyl groups excluding tert-OH is 1. The molecular formula is C12H21NO. The molecule has 0 spiro atoms. The van der Waals surface area contributed by atoms with Gasteiger partial charge in [-0.05, 0) is 25.7 Å². The number of hydrogen-bond acceptors (Lipinski definition) is 2. The molecule has 14 heavy (non-hydrogen) atoms. The van der Waals surface area contributed by atoms with Crippen molar-refractivity contribution in [2.24, 2.45) is 5.41 Å². The van der Waals surface area contributed by atoms with Crippen molar-refractivity contribution in [2.45, 2.75) is 57.7 Å². The molecule has 0 aromatic rings. The minimum Gasteiger partial charge on any atom is -0.392 e. The molecule has 1 fully saturated rings. The Balaban J connectivity index is 1.84. The summed E-state index contributed by atoms with van der Waals surface area (Å²) in [7, 11) is 0. The fraction of sp³-hybridized carbons (Fsp3) is 0.833. The summed E-state index contributed by atoms with van der Waals surface area (Å²) in [5.41, 5.74) is 0.0706. The summed E-state index contributed by atoms with van der Waals surface area (Å²) in [6, 6.07) is 1.14. The fourth-order valence-electron chi connectivity index (χ4n) is 2.41. The Morgan fingerprint density at radius 2 is 2.14 bits per heavy atom. The van der Waals surface area contributed by atoms with Crippen molar-refractivity contribution in [2.75, 3.05) is 0 Å². The van der Waals surface area contributed by atoms with E-state index in [0.29, 0.717) is 12.1 Å². The molecule has 2 N–H and O–H groups in total. The van der Waals surface area contributed by atoms with Gasteiger partial charge in [-0.1, -0.05) is 26.0 Å². The van der Waals surface area contributed by atoms with E-state index < -0.39 is 0 Å². The third-order valence-electron chi connectivity index (χ3n) is 3.92. The second-order valence-electron chi connectivity index (χ2n) is 5.27. The maximum atomic E-state index is 9.62. The van der Waals surface area contributed by atoms with Gasteiger partial charge in [0.15, 0.2) is 0 Å². The van der Waals surface area contributed by atoms with Crippen LogP contribution in [-0.2, 0) is 0 Å². The predicted molar refractivity (Wildman–Crippen MR) is 58.1 cm³/mol. The Kier molecular flexibility index (Phi) is 2.67. The minimum absolute atomic E-state index is 0.0706. The number of rotatable bonds is 2. The van der Waals surface area contributed by atoms with E-state index in [4.69, 9.17) is 0 Å². The molecule has 0 radical (unpaired) electrons. The topological polar surface area (TPSA) is 32.3 Å². The first-order chi connectivity index (χ1) is 6.60. The van der Waals surface area contributed by atoms with Crippen LogP contribution in [-0.4, -0.2) is 23.3 Å². The van der Waals surface area contributed by atoms with Crippen LogP contribution in [0.3, 0.4) is 0 Å². The first-order valence-corrected chi connectivity index (χ1v) is 5.70. The van der Waals surface area contributed by atoms with Crippen LogP contribution in [0.25, 0.3) is 0 Å². The summed E-state index contributed by atoms with van der Waals surface area (Å²) >= 11 is 0. The number of allylic oxidation sites excluding steroid dienone is 1. The molecule has 2 rings (SSSR count). The Bertz CT molecular complexity index is 234. The predicted octanol–water partition coefficient (Wildman–Crippen LogP) is 1.84. The van der Waals surface area contributed by atoms with E-state index in [-0.39, 0.29) is 11.5 Å². The first-order valence-electron chi connectivity index (χ1n) is 5.70. The van der Waals surface area contributed by atoms with Gasteiger partial charge in [0.1, 0.15) is 0 Å². The van der Waals surface area contributed by atoms with Crippen LogP contribution in [0.1, 0.15) is 39.5 Å². The van der Waals surface area contributed by atoms with Gasteiger partial charge in [-0.15, -0.1) is 0 Å². The lowest BCUT2D eigenvalue weighted by molar-refractivity contribution is -0.0761. The minimum atomic E-state index is -0.112. The number of aliphatic hydroxyl groups is 1. The van der Waals surface area contributed by atoms with Crippen LogP contribution < -0.4 is 5.32 Å². The maximum Gasteiger partial charge on any atom is 0.0621 e. The summed E-state index contributed by atoms with van der Waals surface area (Å²) in [5.74, 6) is 0. The molecule has 2 aliphatic carbocycles. The van der Waals surface area contributed by atoms with E-state index in [2.05, 4.69) is 31.3 Å². The monoisotopic (exact) mass is 195 g/mol. The third kappa shape index (κ3) is 1.73. The van der Waals surface area contributed by atoms with Crippen molar-refractivity contribution < 1.29 is 5.11 Å². The lowest BCUT2D eigenvalue weighted by Crippen LogP contribution is -2.62. The normalized spacial score (nSPS) is 40.6. The summed E-state index contributed by atoms with van der Waals surface area (Å²) < 4.78 is 0. The van der Waals surface area contributed by atoms with Gasteiger partial charge in [-0.25, -0.2) is 0 Å². The van der Waals surface area contributed by atoms with Crippen molar-refractivity contribution in [1.29, 1.82) is 0 Å². The zero-order valence-corrected chi connectivity index (χ0v) is 9.16. The van der Waals surface area contributed by atoms with E-state index in [1.807, 2.05) is 0 Å². The molecule has 3 unspecified atom stereocenters. The lowest BCUT2D eigenvalue weighted by Gasteiger charge is -2.51. The summed E-state index contributed by atoms with van der Waals surface area (Å²) in [6.45, 7) is 4.30. The Labute approximate surface area is 86.4 Å². The van der Waals surface area contributed by atoms with Gasteiger partial charge in [0.2, 0.25) is 0 Å². The van der Waals surface area contributed by atoms with Crippen LogP contribution in [0.4, 0.5) is 0 Å². The summed E-state index contributed by atoms with van der Waals surface area (Å²) in [5, 5.41) is 13.3. The summed E-state index contributed by atoms with van der Waals surface area (Å²) in [6.07, 6.45) is 8.95. The van der Waals surface area contributed by atoms with E-state index >= 15 is 0 Å². The molecule has 1 saturated carbocycles. The molecule has 2 nitrogen and oxygen atoms in total. The molecule has 0 heterocycles. The molecule has 2 aliphatic rings. The lowest BCUT2D eigenvalue weighted by atomic mass is 9.64. The van der Waals surface area contributed by atoms with Crippen molar-refractivity contribution in [1.82, 2.24) is 5.32 Å².